The number of nitriles is 1. The van der Waals surface area contributed by atoms with Gasteiger partial charge in [-0.2, -0.15) is 14.0 Å². The topological polar surface area (TPSA) is 70.8 Å². The summed E-state index contributed by atoms with van der Waals surface area (Å²) in [6, 6.07) is 8.19. The molecule has 5 nitrogen and oxygen atoms in total. The zero-order valence-corrected chi connectivity index (χ0v) is 10.3. The van der Waals surface area contributed by atoms with Crippen LogP contribution in [0.3, 0.4) is 0 Å². The lowest BCUT2D eigenvalue weighted by atomic mass is 10.2. The fourth-order valence-corrected chi connectivity index (χ4v) is 1.57. The van der Waals surface area contributed by atoms with Gasteiger partial charge in [0.05, 0.1) is 0 Å². The van der Waals surface area contributed by atoms with Crippen molar-refractivity contribution in [2.24, 2.45) is 0 Å². The molecule has 0 fully saturated rings. The van der Waals surface area contributed by atoms with Crippen LogP contribution in [0, 0.1) is 11.3 Å². The van der Waals surface area contributed by atoms with E-state index in [0.717, 1.165) is 5.56 Å². The molecule has 1 heterocycles. The third-order valence-electron chi connectivity index (χ3n) is 2.39. The molecule has 0 amide bonds. The number of hydrogen-bond donors (Lipinski definition) is 1. The lowest BCUT2D eigenvalue weighted by Gasteiger charge is -2.08. The summed E-state index contributed by atoms with van der Waals surface area (Å²) in [4.78, 5) is 7.84. The molecule has 0 bridgehead atoms. The number of ether oxygens (including phenoxy) is 1. The summed E-state index contributed by atoms with van der Waals surface area (Å²) in [5.74, 6) is 0.425. The molecule has 0 atom stereocenters. The monoisotopic (exact) mass is 276 g/mol. The molecule has 0 saturated carbocycles. The van der Waals surface area contributed by atoms with E-state index >= 15 is 0 Å². The Morgan fingerprint density at radius 2 is 2.10 bits per heavy atom. The van der Waals surface area contributed by atoms with Gasteiger partial charge in [-0.1, -0.05) is 12.1 Å². The van der Waals surface area contributed by atoms with Crippen molar-refractivity contribution in [1.29, 1.82) is 5.26 Å². The Balaban J connectivity index is 2.06. The Hall–Kier alpha value is -2.75. The van der Waals surface area contributed by atoms with Crippen LogP contribution in [0.5, 0.6) is 5.75 Å². The first-order chi connectivity index (χ1) is 9.69. The molecule has 0 radical (unpaired) electrons. The van der Waals surface area contributed by atoms with Gasteiger partial charge in [0.2, 0.25) is 0 Å². The van der Waals surface area contributed by atoms with Gasteiger partial charge in [-0.25, -0.2) is 9.97 Å². The summed E-state index contributed by atoms with van der Waals surface area (Å²) < 4.78 is 28.5. The summed E-state index contributed by atoms with van der Waals surface area (Å²) in [5.41, 5.74) is 0.894. The highest BCUT2D eigenvalue weighted by atomic mass is 19.3. The van der Waals surface area contributed by atoms with Crippen molar-refractivity contribution < 1.29 is 13.5 Å². The highest BCUT2D eigenvalue weighted by Gasteiger charge is 2.06. The zero-order valence-electron chi connectivity index (χ0n) is 10.3. The van der Waals surface area contributed by atoms with Crippen LogP contribution in [0.15, 0.2) is 36.7 Å². The van der Waals surface area contributed by atoms with Gasteiger partial charge in [-0.05, 0) is 17.7 Å². The van der Waals surface area contributed by atoms with E-state index in [1.165, 1.54) is 24.5 Å². The minimum atomic E-state index is -2.86. The van der Waals surface area contributed by atoms with Crippen LogP contribution in [0.4, 0.5) is 14.6 Å². The molecule has 102 valence electrons. The summed E-state index contributed by atoms with van der Waals surface area (Å²) in [6.45, 7) is -2.54. The zero-order chi connectivity index (χ0) is 14.4. The van der Waals surface area contributed by atoms with Crippen LogP contribution < -0.4 is 10.1 Å². The summed E-state index contributed by atoms with van der Waals surface area (Å²) >= 11 is 0. The maximum atomic E-state index is 12.1. The second kappa shape index (κ2) is 6.43. The molecule has 0 spiro atoms. The first-order valence-electron chi connectivity index (χ1n) is 5.68. The Labute approximate surface area is 113 Å². The minimum Gasteiger partial charge on any atom is -0.435 e. The van der Waals surface area contributed by atoms with E-state index in [0.29, 0.717) is 12.4 Å². The molecule has 7 heteroatoms. The van der Waals surface area contributed by atoms with Crippen LogP contribution in [0.25, 0.3) is 0 Å². The van der Waals surface area contributed by atoms with Crippen LogP contribution >= 0.6 is 0 Å². The van der Waals surface area contributed by atoms with Crippen molar-refractivity contribution in [3.05, 3.63) is 47.9 Å². The number of halogens is 2. The van der Waals surface area contributed by atoms with Gasteiger partial charge in [0, 0.05) is 18.9 Å². The normalized spacial score (nSPS) is 10.1. The molecule has 0 aliphatic heterocycles. The SMILES string of the molecule is N#Cc1nccnc1NCc1cccc(OC(F)F)c1. The Morgan fingerprint density at radius 1 is 1.30 bits per heavy atom. The highest BCUT2D eigenvalue weighted by Crippen LogP contribution is 2.17. The van der Waals surface area contributed by atoms with Gasteiger partial charge in [0.25, 0.3) is 0 Å². The predicted octanol–water partition coefficient (Wildman–Crippen LogP) is 2.56. The van der Waals surface area contributed by atoms with E-state index < -0.39 is 6.61 Å². The quantitative estimate of drug-likeness (QED) is 0.908. The lowest BCUT2D eigenvalue weighted by molar-refractivity contribution is -0.0498. The second-order valence-corrected chi connectivity index (χ2v) is 3.74. The Kier molecular flexibility index (Phi) is 4.39. The van der Waals surface area contributed by atoms with E-state index in [1.807, 2.05) is 6.07 Å². The molecule has 0 unspecified atom stereocenters. The van der Waals surface area contributed by atoms with E-state index in [9.17, 15) is 8.78 Å². The van der Waals surface area contributed by atoms with E-state index in [-0.39, 0.29) is 11.4 Å². The average Bonchev–Trinajstić information content (AvgIpc) is 2.45. The maximum absolute atomic E-state index is 12.1. The number of hydrogen-bond acceptors (Lipinski definition) is 5. The molecule has 1 aromatic carbocycles. The number of benzene rings is 1. The standard InChI is InChI=1S/C13H10F2N4O/c14-13(15)20-10-3-1-2-9(6-10)8-19-12-11(7-16)17-4-5-18-12/h1-6,13H,8H2,(H,18,19). The van der Waals surface area contributed by atoms with Crippen molar-refractivity contribution in [2.45, 2.75) is 13.2 Å². The molecular weight excluding hydrogens is 266 g/mol. The van der Waals surface area contributed by atoms with Crippen molar-refractivity contribution in [1.82, 2.24) is 9.97 Å². The Morgan fingerprint density at radius 3 is 2.85 bits per heavy atom. The van der Waals surface area contributed by atoms with Gasteiger partial charge in [0.1, 0.15) is 11.8 Å². The molecule has 2 rings (SSSR count). The van der Waals surface area contributed by atoms with E-state index in [1.54, 1.807) is 12.1 Å². The summed E-state index contributed by atoms with van der Waals surface area (Å²) in [5, 5.41) is 11.8. The number of alkyl halides is 2. The smallest absolute Gasteiger partial charge is 0.387 e. The van der Waals surface area contributed by atoms with E-state index in [4.69, 9.17) is 5.26 Å². The first kappa shape index (κ1) is 13.7. The van der Waals surface area contributed by atoms with Gasteiger partial charge >= 0.3 is 6.61 Å². The molecule has 1 N–H and O–H groups in total. The van der Waals surface area contributed by atoms with Crippen LogP contribution in [0.1, 0.15) is 11.3 Å². The fraction of sp³-hybridized carbons (Fsp3) is 0.154. The van der Waals surface area contributed by atoms with Gasteiger partial charge < -0.3 is 10.1 Å². The largest absolute Gasteiger partial charge is 0.435 e. The van der Waals surface area contributed by atoms with Crippen LogP contribution in [0.2, 0.25) is 0 Å². The summed E-state index contributed by atoms with van der Waals surface area (Å²) in [6.07, 6.45) is 2.88. The third kappa shape index (κ3) is 3.62. The number of nitrogens with one attached hydrogen (secondary N) is 1. The minimum absolute atomic E-state index is 0.0824. The van der Waals surface area contributed by atoms with Crippen molar-refractivity contribution in [3.63, 3.8) is 0 Å². The van der Waals surface area contributed by atoms with Gasteiger partial charge in [0.15, 0.2) is 11.5 Å². The molecule has 1 aromatic heterocycles. The predicted molar refractivity (Wildman–Crippen MR) is 67.1 cm³/mol. The third-order valence-corrected chi connectivity index (χ3v) is 2.39. The Bertz CT molecular complexity index is 628. The summed E-state index contributed by atoms with van der Waals surface area (Å²) in [7, 11) is 0. The van der Waals surface area contributed by atoms with Crippen molar-refractivity contribution in [3.8, 4) is 11.8 Å². The average molecular weight is 276 g/mol. The molecule has 0 aliphatic rings. The highest BCUT2D eigenvalue weighted by molar-refractivity contribution is 5.47. The lowest BCUT2D eigenvalue weighted by Crippen LogP contribution is -2.06. The van der Waals surface area contributed by atoms with Crippen molar-refractivity contribution in [2.75, 3.05) is 5.32 Å². The molecule has 0 saturated heterocycles. The number of nitrogens with zero attached hydrogens (tertiary/aromatic N) is 3. The van der Waals surface area contributed by atoms with Gasteiger partial charge in [-0.3, -0.25) is 0 Å². The molecule has 20 heavy (non-hydrogen) atoms. The maximum Gasteiger partial charge on any atom is 0.387 e. The number of rotatable bonds is 5. The van der Waals surface area contributed by atoms with Gasteiger partial charge in [-0.15, -0.1) is 0 Å². The number of aromatic nitrogens is 2. The molecular formula is C13H10F2N4O. The van der Waals surface area contributed by atoms with Crippen molar-refractivity contribution >= 4 is 5.82 Å². The molecule has 0 aliphatic carbocycles. The fourth-order valence-electron chi connectivity index (χ4n) is 1.57. The van der Waals surface area contributed by atoms with Crippen LogP contribution in [-0.2, 0) is 6.54 Å². The molecule has 2 aromatic rings. The van der Waals surface area contributed by atoms with E-state index in [2.05, 4.69) is 20.0 Å². The van der Waals surface area contributed by atoms with Crippen LogP contribution in [-0.4, -0.2) is 16.6 Å². The second-order valence-electron chi connectivity index (χ2n) is 3.74. The number of anilines is 1. The first-order valence-corrected chi connectivity index (χ1v) is 5.68.